The van der Waals surface area contributed by atoms with E-state index in [-0.39, 0.29) is 24.6 Å². The second-order valence-electron chi connectivity index (χ2n) is 7.29. The van der Waals surface area contributed by atoms with Gasteiger partial charge in [-0.3, -0.25) is 4.79 Å². The van der Waals surface area contributed by atoms with Gasteiger partial charge in [-0.2, -0.15) is 4.31 Å². The molecule has 2 rings (SSSR count). The number of likely N-dealkylation sites (tertiary alicyclic amines) is 2. The number of hydrogen-bond acceptors (Lipinski definition) is 5. The van der Waals surface area contributed by atoms with Gasteiger partial charge in [-0.1, -0.05) is 6.92 Å². The van der Waals surface area contributed by atoms with Crippen LogP contribution in [0.15, 0.2) is 0 Å². The van der Waals surface area contributed by atoms with Gasteiger partial charge >= 0.3 is 6.09 Å². The molecule has 0 aromatic rings. The molecule has 2 amide bonds. The second kappa shape index (κ2) is 9.03. The summed E-state index contributed by atoms with van der Waals surface area (Å²) in [5, 5.41) is 0. The number of carbonyl (C=O) groups is 2. The quantitative estimate of drug-likeness (QED) is 0.703. The summed E-state index contributed by atoms with van der Waals surface area (Å²) in [5.41, 5.74) is 0. The van der Waals surface area contributed by atoms with Crippen molar-refractivity contribution in [1.82, 2.24) is 14.1 Å². The van der Waals surface area contributed by atoms with E-state index in [4.69, 9.17) is 4.74 Å². The van der Waals surface area contributed by atoms with E-state index in [0.29, 0.717) is 51.5 Å². The van der Waals surface area contributed by atoms with Crippen molar-refractivity contribution in [1.29, 1.82) is 0 Å². The smallest absolute Gasteiger partial charge is 0.409 e. The molecule has 0 N–H and O–H groups in total. The van der Waals surface area contributed by atoms with E-state index in [1.54, 1.807) is 16.7 Å². The van der Waals surface area contributed by atoms with Crippen molar-refractivity contribution in [2.75, 3.05) is 45.6 Å². The van der Waals surface area contributed by atoms with Crippen molar-refractivity contribution >= 4 is 22.0 Å². The van der Waals surface area contributed by atoms with Gasteiger partial charge in [0.15, 0.2) is 0 Å². The molecular formula is C17H31N3O5S. The first-order valence-corrected chi connectivity index (χ1v) is 11.2. The highest BCUT2D eigenvalue weighted by Gasteiger charge is 2.34. The fraction of sp³-hybridized carbons (Fsp3) is 0.882. The molecule has 0 aliphatic carbocycles. The molecule has 9 heteroatoms. The van der Waals surface area contributed by atoms with Gasteiger partial charge in [0.2, 0.25) is 15.9 Å². The van der Waals surface area contributed by atoms with Crippen LogP contribution >= 0.6 is 0 Å². The third-order valence-corrected chi connectivity index (χ3v) is 6.53. The summed E-state index contributed by atoms with van der Waals surface area (Å²) in [5.74, 6) is 0.479. The van der Waals surface area contributed by atoms with E-state index < -0.39 is 10.0 Å². The zero-order chi connectivity index (χ0) is 19.3. The van der Waals surface area contributed by atoms with Gasteiger partial charge in [-0.15, -0.1) is 0 Å². The highest BCUT2D eigenvalue weighted by atomic mass is 32.2. The Morgan fingerprint density at radius 3 is 2.08 bits per heavy atom. The van der Waals surface area contributed by atoms with Crippen LogP contribution in [0, 0.1) is 5.92 Å². The predicted octanol–water partition coefficient (Wildman–Crippen LogP) is 1.13. The first-order valence-electron chi connectivity index (χ1n) is 9.38. The van der Waals surface area contributed by atoms with Crippen molar-refractivity contribution in [2.24, 2.45) is 5.92 Å². The molecule has 26 heavy (non-hydrogen) atoms. The third-order valence-electron chi connectivity index (χ3n) is 5.25. The van der Waals surface area contributed by atoms with E-state index in [1.807, 2.05) is 0 Å². The maximum atomic E-state index is 12.6. The summed E-state index contributed by atoms with van der Waals surface area (Å²) < 4.78 is 30.8. The Balaban J connectivity index is 1.96. The highest BCUT2D eigenvalue weighted by molar-refractivity contribution is 7.88. The number of nitrogens with zero attached hydrogens (tertiary/aromatic N) is 3. The average Bonchev–Trinajstić information content (AvgIpc) is 2.59. The summed E-state index contributed by atoms with van der Waals surface area (Å²) in [6, 6.07) is -0.261. The largest absolute Gasteiger partial charge is 0.450 e. The van der Waals surface area contributed by atoms with E-state index in [9.17, 15) is 18.0 Å². The van der Waals surface area contributed by atoms with Crippen LogP contribution < -0.4 is 0 Å². The second-order valence-corrected chi connectivity index (χ2v) is 9.22. The van der Waals surface area contributed by atoms with E-state index in [0.717, 1.165) is 19.1 Å². The Bertz CT molecular complexity index is 594. The molecule has 2 aliphatic rings. The Morgan fingerprint density at radius 1 is 1.04 bits per heavy atom. The lowest BCUT2D eigenvalue weighted by molar-refractivity contribution is -0.133. The molecule has 0 aromatic heterocycles. The normalized spacial score (nSPS) is 20.5. The first kappa shape index (κ1) is 21.0. The number of sulfonamides is 1. The van der Waals surface area contributed by atoms with Crippen molar-refractivity contribution < 1.29 is 22.7 Å². The minimum absolute atomic E-state index is 0.114. The molecule has 2 fully saturated rings. The summed E-state index contributed by atoms with van der Waals surface area (Å²) in [6.07, 6.45) is 3.73. The Hall–Kier alpha value is -1.35. The van der Waals surface area contributed by atoms with Crippen LogP contribution in [0.2, 0.25) is 0 Å². The number of rotatable bonds is 5. The molecule has 0 aromatic carbocycles. The number of hydrogen-bond donors (Lipinski definition) is 0. The number of piperidine rings is 2. The standard InChI is InChI=1S/C17H31N3O5S/c1-4-25-17(22)19-11-7-15(8-12-19)20(26(3,23)24)13-16(21)18-9-5-14(2)6-10-18/h14-15H,4-13H2,1-3H3. The lowest BCUT2D eigenvalue weighted by Gasteiger charge is -2.38. The fourth-order valence-electron chi connectivity index (χ4n) is 3.56. The molecule has 0 saturated carbocycles. The fourth-order valence-corrected chi connectivity index (χ4v) is 4.66. The van der Waals surface area contributed by atoms with Crippen molar-refractivity contribution in [3.05, 3.63) is 0 Å². The summed E-state index contributed by atoms with van der Waals surface area (Å²) in [6.45, 7) is 6.38. The molecule has 2 aliphatic heterocycles. The van der Waals surface area contributed by atoms with Crippen LogP contribution in [-0.2, 0) is 19.6 Å². The molecule has 2 heterocycles. The van der Waals surface area contributed by atoms with Gasteiger partial charge in [-0.25, -0.2) is 13.2 Å². The monoisotopic (exact) mass is 389 g/mol. The number of ether oxygens (including phenoxy) is 1. The molecule has 0 spiro atoms. The Morgan fingerprint density at radius 2 is 1.58 bits per heavy atom. The van der Waals surface area contributed by atoms with Crippen LogP contribution in [0.3, 0.4) is 0 Å². The van der Waals surface area contributed by atoms with Crippen molar-refractivity contribution in [2.45, 2.75) is 45.6 Å². The zero-order valence-electron chi connectivity index (χ0n) is 16.0. The van der Waals surface area contributed by atoms with E-state index in [2.05, 4.69) is 6.92 Å². The van der Waals surface area contributed by atoms with Gasteiger partial charge in [0.05, 0.1) is 19.4 Å². The van der Waals surface area contributed by atoms with Crippen LogP contribution in [0.1, 0.15) is 39.5 Å². The minimum atomic E-state index is -3.51. The topological polar surface area (TPSA) is 87.2 Å². The van der Waals surface area contributed by atoms with Gasteiger partial charge in [-0.05, 0) is 38.5 Å². The number of carbonyl (C=O) groups excluding carboxylic acids is 2. The molecule has 0 bridgehead atoms. The Labute approximate surface area is 156 Å². The van der Waals surface area contributed by atoms with Crippen LogP contribution in [-0.4, -0.2) is 86.2 Å². The number of amides is 2. The lowest BCUT2D eigenvalue weighted by atomic mass is 9.99. The molecular weight excluding hydrogens is 358 g/mol. The molecule has 0 unspecified atom stereocenters. The van der Waals surface area contributed by atoms with Gasteiger partial charge in [0.1, 0.15) is 0 Å². The maximum Gasteiger partial charge on any atom is 0.409 e. The molecule has 150 valence electrons. The Kier molecular flexibility index (Phi) is 7.28. The summed E-state index contributed by atoms with van der Waals surface area (Å²) in [4.78, 5) is 27.8. The average molecular weight is 390 g/mol. The molecule has 0 atom stereocenters. The molecule has 8 nitrogen and oxygen atoms in total. The predicted molar refractivity (Wildman–Crippen MR) is 98.1 cm³/mol. The van der Waals surface area contributed by atoms with E-state index >= 15 is 0 Å². The van der Waals surface area contributed by atoms with Gasteiger partial charge in [0, 0.05) is 32.2 Å². The van der Waals surface area contributed by atoms with Crippen LogP contribution in [0.5, 0.6) is 0 Å². The maximum absolute atomic E-state index is 12.6. The van der Waals surface area contributed by atoms with Crippen LogP contribution in [0.25, 0.3) is 0 Å². The van der Waals surface area contributed by atoms with Crippen LogP contribution in [0.4, 0.5) is 4.79 Å². The van der Waals surface area contributed by atoms with Gasteiger partial charge < -0.3 is 14.5 Å². The first-order chi connectivity index (χ1) is 12.2. The molecule has 0 radical (unpaired) electrons. The SMILES string of the molecule is CCOC(=O)N1CCC(N(CC(=O)N2CCC(C)CC2)S(C)(=O)=O)CC1. The lowest BCUT2D eigenvalue weighted by Crippen LogP contribution is -2.52. The van der Waals surface area contributed by atoms with Crippen molar-refractivity contribution in [3.63, 3.8) is 0 Å². The zero-order valence-corrected chi connectivity index (χ0v) is 16.8. The summed E-state index contributed by atoms with van der Waals surface area (Å²) >= 11 is 0. The highest BCUT2D eigenvalue weighted by Crippen LogP contribution is 2.21. The van der Waals surface area contributed by atoms with Gasteiger partial charge in [0.25, 0.3) is 0 Å². The molecule has 2 saturated heterocycles. The van der Waals surface area contributed by atoms with Crippen molar-refractivity contribution in [3.8, 4) is 0 Å². The minimum Gasteiger partial charge on any atom is -0.450 e. The van der Waals surface area contributed by atoms with E-state index in [1.165, 1.54) is 4.31 Å². The summed E-state index contributed by atoms with van der Waals surface area (Å²) in [7, 11) is -3.51. The third kappa shape index (κ3) is 5.57.